The van der Waals surface area contributed by atoms with Crippen LogP contribution in [-0.2, 0) is 11.4 Å². The predicted octanol–water partition coefficient (Wildman–Crippen LogP) is 7.23. The van der Waals surface area contributed by atoms with E-state index in [0.29, 0.717) is 32.2 Å². The van der Waals surface area contributed by atoms with Gasteiger partial charge < -0.3 is 9.84 Å². The van der Waals surface area contributed by atoms with Gasteiger partial charge >= 0.3 is 5.97 Å². The van der Waals surface area contributed by atoms with Crippen LogP contribution in [0.5, 0.6) is 5.75 Å². The Kier molecular flexibility index (Phi) is 7.80. The maximum Gasteiger partial charge on any atom is 0.342 e. The fourth-order valence-corrected chi connectivity index (χ4v) is 4.07. The summed E-state index contributed by atoms with van der Waals surface area (Å²) in [7, 11) is 0. The van der Waals surface area contributed by atoms with Gasteiger partial charge in [0.05, 0.1) is 10.0 Å². The van der Waals surface area contributed by atoms with Crippen molar-refractivity contribution in [2.24, 2.45) is 0 Å². The molecule has 1 heterocycles. The summed E-state index contributed by atoms with van der Waals surface area (Å²) in [5.41, 5.74) is 2.21. The number of thioether (sulfide) groups is 1. The largest absolute Gasteiger partial charge is 0.488 e. The summed E-state index contributed by atoms with van der Waals surface area (Å²) >= 11 is 18.9. The topological polar surface area (TPSA) is 88.1 Å². The van der Waals surface area contributed by atoms with Gasteiger partial charge in [-0.05, 0) is 65.9 Å². The number of nitrogens with one attached hydrogen (secondary N) is 1. The van der Waals surface area contributed by atoms with Crippen molar-refractivity contribution in [3.05, 3.63) is 97.8 Å². The SMILES string of the molecule is O=C(O)/C(=C/c1ccccc1OCc1ccc(Cl)c(Cl)c1)Sc1n[nH]c(-c2ccc(Cl)cc2)n1. The van der Waals surface area contributed by atoms with E-state index in [2.05, 4.69) is 15.2 Å². The molecular weight excluding hydrogens is 517 g/mol. The van der Waals surface area contributed by atoms with Crippen LogP contribution < -0.4 is 4.74 Å². The third kappa shape index (κ3) is 6.12. The van der Waals surface area contributed by atoms with Crippen molar-refractivity contribution in [1.29, 1.82) is 0 Å². The van der Waals surface area contributed by atoms with E-state index in [4.69, 9.17) is 39.5 Å². The molecule has 0 aliphatic heterocycles. The number of hydrogen-bond donors (Lipinski definition) is 2. The average Bonchev–Trinajstić information content (AvgIpc) is 3.29. The molecule has 172 valence electrons. The van der Waals surface area contributed by atoms with Gasteiger partial charge in [0, 0.05) is 16.1 Å². The molecule has 10 heteroatoms. The lowest BCUT2D eigenvalue weighted by molar-refractivity contribution is -0.131. The van der Waals surface area contributed by atoms with E-state index in [9.17, 15) is 9.90 Å². The lowest BCUT2D eigenvalue weighted by Gasteiger charge is -2.10. The summed E-state index contributed by atoms with van der Waals surface area (Å²) in [6.45, 7) is 0.239. The highest BCUT2D eigenvalue weighted by molar-refractivity contribution is 8.04. The highest BCUT2D eigenvalue weighted by atomic mass is 35.5. The van der Waals surface area contributed by atoms with Gasteiger partial charge in [0.1, 0.15) is 17.3 Å². The third-order valence-corrected chi connectivity index (χ3v) is 6.45. The minimum absolute atomic E-state index is 0.0345. The molecule has 0 fully saturated rings. The number of hydrogen-bond acceptors (Lipinski definition) is 5. The van der Waals surface area contributed by atoms with Crippen LogP contribution >= 0.6 is 46.6 Å². The van der Waals surface area contributed by atoms with Crippen LogP contribution in [0.1, 0.15) is 11.1 Å². The monoisotopic (exact) mass is 531 g/mol. The number of carboxylic acid groups (broad SMARTS) is 1. The number of carbonyl (C=O) groups is 1. The Balaban J connectivity index is 1.53. The van der Waals surface area contributed by atoms with E-state index < -0.39 is 5.97 Å². The number of nitrogens with zero attached hydrogens (tertiary/aromatic N) is 2. The maximum atomic E-state index is 11.9. The smallest absolute Gasteiger partial charge is 0.342 e. The second kappa shape index (κ2) is 11.0. The summed E-state index contributed by atoms with van der Waals surface area (Å²) in [5, 5.41) is 18.5. The molecule has 0 aliphatic carbocycles. The van der Waals surface area contributed by atoms with Crippen molar-refractivity contribution >= 4 is 58.6 Å². The fourth-order valence-electron chi connectivity index (χ4n) is 2.93. The number of rotatable bonds is 8. The van der Waals surface area contributed by atoms with Gasteiger partial charge in [-0.1, -0.05) is 59.1 Å². The number of aliphatic carboxylic acids is 1. The molecular formula is C24H16Cl3N3O3S. The Morgan fingerprint density at radius 2 is 1.79 bits per heavy atom. The first-order chi connectivity index (χ1) is 16.4. The highest BCUT2D eigenvalue weighted by Gasteiger charge is 2.16. The van der Waals surface area contributed by atoms with Crippen LogP contribution in [0.4, 0.5) is 0 Å². The zero-order valence-corrected chi connectivity index (χ0v) is 20.4. The number of carboxylic acids is 1. The number of ether oxygens (including phenoxy) is 1. The molecule has 4 aromatic rings. The third-order valence-electron chi connectivity index (χ3n) is 4.58. The van der Waals surface area contributed by atoms with E-state index in [0.717, 1.165) is 22.9 Å². The van der Waals surface area contributed by atoms with Crippen molar-refractivity contribution in [3.63, 3.8) is 0 Å². The van der Waals surface area contributed by atoms with Crippen LogP contribution in [0.15, 0.2) is 76.8 Å². The van der Waals surface area contributed by atoms with Crippen LogP contribution in [0, 0.1) is 0 Å². The number of benzene rings is 3. The standard InChI is InChI=1S/C24H16Cl3N3O3S/c25-17-8-6-15(7-9-17)22-28-24(30-29-22)34-21(23(31)32)12-16-3-1-2-4-20(16)33-13-14-5-10-18(26)19(27)11-14/h1-12H,13H2,(H,31,32)(H,28,29,30)/b21-12-. The lowest BCUT2D eigenvalue weighted by atomic mass is 10.2. The lowest BCUT2D eigenvalue weighted by Crippen LogP contribution is -2.00. The molecule has 0 radical (unpaired) electrons. The first-order valence-electron chi connectivity index (χ1n) is 9.86. The van der Waals surface area contributed by atoms with Crippen molar-refractivity contribution < 1.29 is 14.6 Å². The van der Waals surface area contributed by atoms with E-state index in [1.807, 2.05) is 12.1 Å². The molecule has 0 bridgehead atoms. The molecule has 0 aliphatic rings. The molecule has 4 rings (SSSR count). The zero-order valence-electron chi connectivity index (χ0n) is 17.3. The highest BCUT2D eigenvalue weighted by Crippen LogP contribution is 2.31. The first-order valence-corrected chi connectivity index (χ1v) is 11.8. The first kappa shape index (κ1) is 24.2. The summed E-state index contributed by atoms with van der Waals surface area (Å²) in [6.07, 6.45) is 1.52. The van der Waals surface area contributed by atoms with Gasteiger partial charge in [0.2, 0.25) is 5.16 Å². The zero-order chi connectivity index (χ0) is 24.1. The molecule has 0 amide bonds. The summed E-state index contributed by atoms with van der Waals surface area (Å²) in [5.74, 6) is -0.0823. The normalized spacial score (nSPS) is 11.4. The molecule has 0 atom stereocenters. The Bertz CT molecular complexity index is 1360. The molecule has 0 spiro atoms. The summed E-state index contributed by atoms with van der Waals surface area (Å²) in [4.78, 5) is 16.4. The second-order valence-electron chi connectivity index (χ2n) is 6.96. The van der Waals surface area contributed by atoms with Crippen LogP contribution in [0.3, 0.4) is 0 Å². The number of aromatic amines is 1. The number of H-pyrrole nitrogens is 1. The summed E-state index contributed by atoms with van der Waals surface area (Å²) < 4.78 is 5.92. The van der Waals surface area contributed by atoms with Crippen LogP contribution in [-0.4, -0.2) is 26.3 Å². The molecule has 2 N–H and O–H groups in total. The van der Waals surface area contributed by atoms with Gasteiger partial charge in [0.15, 0.2) is 5.82 Å². The maximum absolute atomic E-state index is 11.9. The van der Waals surface area contributed by atoms with Crippen molar-refractivity contribution in [1.82, 2.24) is 15.2 Å². The van der Waals surface area contributed by atoms with Gasteiger partial charge in [-0.15, -0.1) is 5.10 Å². The molecule has 6 nitrogen and oxygen atoms in total. The molecule has 0 unspecified atom stereocenters. The minimum Gasteiger partial charge on any atom is -0.488 e. The summed E-state index contributed by atoms with van der Waals surface area (Å²) in [6, 6.07) is 19.4. The van der Waals surface area contributed by atoms with E-state index in [1.54, 1.807) is 54.6 Å². The van der Waals surface area contributed by atoms with Gasteiger partial charge in [-0.2, -0.15) is 0 Å². The van der Waals surface area contributed by atoms with Gasteiger partial charge in [-0.3, -0.25) is 5.10 Å². The number of para-hydroxylation sites is 1. The quantitative estimate of drug-likeness (QED) is 0.184. The molecule has 34 heavy (non-hydrogen) atoms. The van der Waals surface area contributed by atoms with E-state index in [1.165, 1.54) is 6.08 Å². The van der Waals surface area contributed by atoms with Gasteiger partial charge in [-0.25, -0.2) is 9.78 Å². The Labute approximate surface area is 214 Å². The minimum atomic E-state index is -1.11. The number of aromatic nitrogens is 3. The Morgan fingerprint density at radius 3 is 2.53 bits per heavy atom. The van der Waals surface area contributed by atoms with Crippen molar-refractivity contribution in [2.45, 2.75) is 11.8 Å². The molecule has 1 aromatic heterocycles. The van der Waals surface area contributed by atoms with Crippen LogP contribution in [0.25, 0.3) is 17.5 Å². The second-order valence-corrected chi connectivity index (χ2v) is 9.22. The van der Waals surface area contributed by atoms with E-state index >= 15 is 0 Å². The Morgan fingerprint density at radius 1 is 1.03 bits per heavy atom. The Hall–Kier alpha value is -2.97. The van der Waals surface area contributed by atoms with Crippen LogP contribution in [0.2, 0.25) is 15.1 Å². The van der Waals surface area contributed by atoms with Crippen molar-refractivity contribution in [3.8, 4) is 17.1 Å². The molecule has 3 aromatic carbocycles. The average molecular weight is 533 g/mol. The van der Waals surface area contributed by atoms with Gasteiger partial charge in [0.25, 0.3) is 0 Å². The molecule has 0 saturated heterocycles. The van der Waals surface area contributed by atoms with Crippen molar-refractivity contribution in [2.75, 3.05) is 0 Å². The number of halogens is 3. The predicted molar refractivity (Wildman–Crippen MR) is 136 cm³/mol. The van der Waals surface area contributed by atoms with E-state index in [-0.39, 0.29) is 16.7 Å². The molecule has 0 saturated carbocycles. The fraction of sp³-hybridized carbons (Fsp3) is 0.0417.